The van der Waals surface area contributed by atoms with Crippen molar-refractivity contribution in [2.24, 2.45) is 0 Å². The van der Waals surface area contributed by atoms with Gasteiger partial charge < -0.3 is 14.4 Å². The number of aliphatic hydroxyl groups is 1. The fraction of sp³-hybridized carbons (Fsp3) is 0.250. The molecule has 5 rings (SSSR count). The van der Waals surface area contributed by atoms with Crippen LogP contribution in [0.15, 0.2) is 41.2 Å². The third-order valence-electron chi connectivity index (χ3n) is 5.42. The van der Waals surface area contributed by atoms with E-state index in [9.17, 15) is 14.7 Å². The number of aromatic nitrogens is 2. The second-order valence-corrected chi connectivity index (χ2v) is 6.79. The molecule has 0 saturated carbocycles. The zero-order valence-electron chi connectivity index (χ0n) is 14.9. The third kappa shape index (κ3) is 2.42. The second-order valence-electron chi connectivity index (χ2n) is 6.79. The summed E-state index contributed by atoms with van der Waals surface area (Å²) < 4.78 is 6.72. The van der Waals surface area contributed by atoms with Gasteiger partial charge in [-0.05, 0) is 24.6 Å². The van der Waals surface area contributed by atoms with Gasteiger partial charge in [-0.1, -0.05) is 25.1 Å². The summed E-state index contributed by atoms with van der Waals surface area (Å²) in [7, 11) is 0. The van der Waals surface area contributed by atoms with Gasteiger partial charge >= 0.3 is 33.3 Å². The van der Waals surface area contributed by atoms with Crippen LogP contribution in [-0.4, -0.2) is 47.9 Å². The van der Waals surface area contributed by atoms with E-state index >= 15 is 0 Å². The van der Waals surface area contributed by atoms with Crippen molar-refractivity contribution in [1.29, 1.82) is 0 Å². The van der Waals surface area contributed by atoms with Crippen LogP contribution in [0.4, 0.5) is 0 Å². The summed E-state index contributed by atoms with van der Waals surface area (Å²) in [5.41, 5.74) is 1.81. The van der Waals surface area contributed by atoms with Gasteiger partial charge in [-0.3, -0.25) is 4.79 Å². The van der Waals surface area contributed by atoms with Crippen LogP contribution in [0.2, 0.25) is 0 Å². The quantitative estimate of drug-likeness (QED) is 0.281. The van der Waals surface area contributed by atoms with E-state index in [0.717, 1.165) is 22.2 Å². The molecule has 0 fully saturated rings. The topological polar surface area (TPSA) is 81.4 Å². The first kappa shape index (κ1) is 18.3. The summed E-state index contributed by atoms with van der Waals surface area (Å²) in [6.07, 6.45) is 0.139. The Bertz CT molecular complexity index is 1170. The number of pyridine rings is 2. The van der Waals surface area contributed by atoms with E-state index in [1.807, 2.05) is 30.3 Å². The molecule has 2 aliphatic heterocycles. The number of fused-ring (bicyclic) bond motifs is 5. The molecule has 0 unspecified atom stereocenters. The fourth-order valence-electron chi connectivity index (χ4n) is 3.93. The molecule has 2 aliphatic rings. The van der Waals surface area contributed by atoms with Gasteiger partial charge in [0.1, 0.15) is 6.61 Å². The molecule has 6 nitrogen and oxygen atoms in total. The van der Waals surface area contributed by atoms with Crippen molar-refractivity contribution in [2.75, 3.05) is 0 Å². The number of carbonyl (C=O) groups is 1. The Labute approximate surface area is 175 Å². The molecule has 1 N–H and O–H groups in total. The van der Waals surface area contributed by atoms with E-state index in [1.165, 1.54) is 0 Å². The molecular formula is C20H18N2O4Pb. The molecule has 0 aliphatic carbocycles. The maximum atomic E-state index is 13.0. The van der Waals surface area contributed by atoms with Crippen molar-refractivity contribution in [3.05, 3.63) is 63.4 Å². The van der Waals surface area contributed by atoms with Crippen molar-refractivity contribution in [2.45, 2.75) is 32.1 Å². The molecule has 136 valence electrons. The molecule has 1 aromatic carbocycles. The molecule has 4 heterocycles. The predicted molar refractivity (Wildman–Crippen MR) is 103 cm³/mol. The normalized spacial score (nSPS) is 19.7. The molecule has 0 spiro atoms. The van der Waals surface area contributed by atoms with Crippen molar-refractivity contribution < 1.29 is 14.6 Å². The number of nitrogens with zero attached hydrogens (tertiary/aromatic N) is 2. The van der Waals surface area contributed by atoms with Gasteiger partial charge in [0.2, 0.25) is 0 Å². The van der Waals surface area contributed by atoms with E-state index < -0.39 is 11.6 Å². The number of ether oxygens (including phenoxy) is 1. The molecule has 1 atom stereocenters. The molecule has 3 aromatic rings. The van der Waals surface area contributed by atoms with Gasteiger partial charge in [0.15, 0.2) is 5.60 Å². The van der Waals surface area contributed by atoms with Crippen LogP contribution in [0, 0.1) is 0 Å². The van der Waals surface area contributed by atoms with Crippen LogP contribution in [0.5, 0.6) is 0 Å². The average Bonchev–Trinajstić information content (AvgIpc) is 3.01. The average molecular weight is 558 g/mol. The van der Waals surface area contributed by atoms with Gasteiger partial charge in [-0.2, -0.15) is 0 Å². The zero-order valence-corrected chi connectivity index (χ0v) is 20.4. The molecular weight excluding hydrogens is 539 g/mol. The molecule has 0 amide bonds. The Hall–Kier alpha value is -2.07. The van der Waals surface area contributed by atoms with Crippen LogP contribution in [0.3, 0.4) is 0 Å². The Morgan fingerprint density at radius 2 is 2.04 bits per heavy atom. The Kier molecular flexibility index (Phi) is 4.23. The molecule has 2 aromatic heterocycles. The van der Waals surface area contributed by atoms with Gasteiger partial charge in [0, 0.05) is 16.5 Å². The second kappa shape index (κ2) is 6.23. The number of esters is 1. The first-order chi connectivity index (χ1) is 12.5. The minimum atomic E-state index is -1.79. The minimum absolute atomic E-state index is 0. The number of hydrogen-bond acceptors (Lipinski definition) is 5. The number of para-hydroxylation sites is 1. The summed E-state index contributed by atoms with van der Waals surface area (Å²) in [6.45, 7) is 2.01. The number of cyclic esters (lactones) is 1. The van der Waals surface area contributed by atoms with Crippen LogP contribution in [-0.2, 0) is 28.3 Å². The van der Waals surface area contributed by atoms with E-state index in [4.69, 9.17) is 9.72 Å². The van der Waals surface area contributed by atoms with Crippen molar-refractivity contribution >= 4 is 44.2 Å². The molecule has 7 heteroatoms. The summed E-state index contributed by atoms with van der Waals surface area (Å²) in [5, 5.41) is 11.8. The molecule has 27 heavy (non-hydrogen) atoms. The summed E-state index contributed by atoms with van der Waals surface area (Å²) in [4.78, 5) is 29.9. The first-order valence-electron chi connectivity index (χ1n) is 8.59. The van der Waals surface area contributed by atoms with Crippen LogP contribution in [0.25, 0.3) is 22.3 Å². The van der Waals surface area contributed by atoms with Gasteiger partial charge in [0.05, 0.1) is 29.0 Å². The standard InChI is InChI=1S/C20H16N2O4.Pb.2H/c1-2-20(25)14-8-16-17-12(7-11-5-3-4-6-15(11)21-17)9-22(16)18(23)13(14)10-26-19(20)24;;;/h3-8,25H,2,9-10H2,1H3;;;/t20-;;;/m0.../s1. The van der Waals surface area contributed by atoms with Crippen molar-refractivity contribution in [1.82, 2.24) is 9.55 Å². The fourth-order valence-corrected chi connectivity index (χ4v) is 3.93. The number of benzene rings is 1. The van der Waals surface area contributed by atoms with Gasteiger partial charge in [-0.15, -0.1) is 0 Å². The SMILES string of the molecule is CC[C@@]1(O)C(=O)OCc2c1cc1n(c2=O)Cc2cc3ccccc3nc2-1.[PbH2]. The third-order valence-corrected chi connectivity index (χ3v) is 5.42. The Balaban J connectivity index is 0.00000180. The van der Waals surface area contributed by atoms with E-state index in [0.29, 0.717) is 23.4 Å². The first-order valence-corrected chi connectivity index (χ1v) is 8.59. The molecule has 0 saturated heterocycles. The number of rotatable bonds is 1. The summed E-state index contributed by atoms with van der Waals surface area (Å²) in [6, 6.07) is 11.6. The number of carbonyl (C=O) groups excluding carboxylic acids is 1. The summed E-state index contributed by atoms with van der Waals surface area (Å²) >= 11 is 0. The van der Waals surface area contributed by atoms with Crippen LogP contribution >= 0.6 is 0 Å². The van der Waals surface area contributed by atoms with Gasteiger partial charge in [0.25, 0.3) is 5.56 Å². The molecule has 0 bridgehead atoms. The summed E-state index contributed by atoms with van der Waals surface area (Å²) in [5.74, 6) is -0.707. The Morgan fingerprint density at radius 1 is 1.26 bits per heavy atom. The van der Waals surface area contributed by atoms with Crippen molar-refractivity contribution in [3.63, 3.8) is 0 Å². The predicted octanol–water partition coefficient (Wildman–Crippen LogP) is 1.16. The van der Waals surface area contributed by atoms with Crippen molar-refractivity contribution in [3.8, 4) is 11.4 Å². The van der Waals surface area contributed by atoms with E-state index in [-0.39, 0.29) is 45.9 Å². The number of hydrogen-bond donors (Lipinski definition) is 1. The zero-order chi connectivity index (χ0) is 18.1. The molecule has 2 radical (unpaired) electrons. The van der Waals surface area contributed by atoms with E-state index in [2.05, 4.69) is 0 Å². The van der Waals surface area contributed by atoms with Crippen LogP contribution in [0.1, 0.15) is 30.0 Å². The van der Waals surface area contributed by atoms with Crippen LogP contribution < -0.4 is 5.56 Å². The Morgan fingerprint density at radius 3 is 2.81 bits per heavy atom. The van der Waals surface area contributed by atoms with E-state index in [1.54, 1.807) is 17.6 Å². The monoisotopic (exact) mass is 558 g/mol. The van der Waals surface area contributed by atoms with Gasteiger partial charge in [-0.25, -0.2) is 9.78 Å². The maximum absolute atomic E-state index is 13.0.